The van der Waals surface area contributed by atoms with E-state index in [1.54, 1.807) is 0 Å². The van der Waals surface area contributed by atoms with Crippen LogP contribution >= 0.6 is 0 Å². The van der Waals surface area contributed by atoms with Crippen LogP contribution in [-0.2, 0) is 12.0 Å². The number of rotatable bonds is 4. The monoisotopic (exact) mass is 333 g/mol. The van der Waals surface area contributed by atoms with E-state index in [-0.39, 0.29) is 11.5 Å². The van der Waals surface area contributed by atoms with E-state index in [0.29, 0.717) is 11.7 Å². The van der Waals surface area contributed by atoms with Crippen LogP contribution < -0.4 is 0 Å². The second-order valence-corrected chi connectivity index (χ2v) is 7.54. The number of piperazine rings is 1. The summed E-state index contributed by atoms with van der Waals surface area (Å²) in [6, 6.07) is 0.155. The van der Waals surface area contributed by atoms with Gasteiger partial charge in [0.1, 0.15) is 5.76 Å². The molecule has 2 aromatic heterocycles. The quantitative estimate of drug-likeness (QED) is 0.851. The summed E-state index contributed by atoms with van der Waals surface area (Å²) in [6.45, 7) is 15.0. The zero-order valence-electron chi connectivity index (χ0n) is 15.2. The van der Waals surface area contributed by atoms with E-state index in [0.717, 1.165) is 44.4 Å². The van der Waals surface area contributed by atoms with Gasteiger partial charge in [0.15, 0.2) is 5.82 Å². The van der Waals surface area contributed by atoms with Crippen LogP contribution in [0, 0.1) is 6.92 Å². The van der Waals surface area contributed by atoms with Crippen LogP contribution in [0.3, 0.4) is 0 Å². The van der Waals surface area contributed by atoms with Gasteiger partial charge in [-0.15, -0.1) is 0 Å². The van der Waals surface area contributed by atoms with Gasteiger partial charge in [-0.25, -0.2) is 4.98 Å². The van der Waals surface area contributed by atoms with Crippen molar-refractivity contribution in [2.24, 2.45) is 0 Å². The van der Waals surface area contributed by atoms with Gasteiger partial charge in [-0.05, 0) is 13.8 Å². The lowest BCUT2D eigenvalue weighted by Crippen LogP contribution is -2.46. The van der Waals surface area contributed by atoms with Gasteiger partial charge in [-0.3, -0.25) is 9.80 Å². The summed E-state index contributed by atoms with van der Waals surface area (Å²) in [4.78, 5) is 13.5. The fourth-order valence-electron chi connectivity index (χ4n) is 2.87. The molecule has 0 unspecified atom stereocenters. The minimum Gasteiger partial charge on any atom is -0.444 e. The lowest BCUT2D eigenvalue weighted by Gasteiger charge is -2.36. The molecule has 0 spiro atoms. The second-order valence-electron chi connectivity index (χ2n) is 7.54. The molecule has 7 nitrogen and oxygen atoms in total. The highest BCUT2D eigenvalue weighted by atomic mass is 16.5. The summed E-state index contributed by atoms with van der Waals surface area (Å²) in [5.74, 6) is 3.13. The summed E-state index contributed by atoms with van der Waals surface area (Å²) >= 11 is 0. The van der Waals surface area contributed by atoms with Crippen molar-refractivity contribution in [2.45, 2.75) is 52.6 Å². The number of nitrogens with zero attached hydrogens (tertiary/aromatic N) is 5. The van der Waals surface area contributed by atoms with Crippen LogP contribution in [0.4, 0.5) is 0 Å². The van der Waals surface area contributed by atoms with Gasteiger partial charge in [0, 0.05) is 31.6 Å². The maximum atomic E-state index is 5.90. The Morgan fingerprint density at radius 1 is 1.21 bits per heavy atom. The molecule has 1 fully saturated rings. The van der Waals surface area contributed by atoms with Gasteiger partial charge in [0.2, 0.25) is 11.8 Å². The third-order valence-corrected chi connectivity index (χ3v) is 4.51. The molecule has 0 bridgehead atoms. The summed E-state index contributed by atoms with van der Waals surface area (Å²) in [7, 11) is 0. The van der Waals surface area contributed by atoms with E-state index in [4.69, 9.17) is 8.94 Å². The maximum Gasteiger partial charge on any atom is 0.243 e. The first-order valence-corrected chi connectivity index (χ1v) is 8.55. The van der Waals surface area contributed by atoms with Crippen molar-refractivity contribution in [3.8, 4) is 0 Å². The molecule has 1 atom stereocenters. The Morgan fingerprint density at radius 3 is 2.46 bits per heavy atom. The van der Waals surface area contributed by atoms with Crippen LogP contribution in [0.1, 0.15) is 57.1 Å². The highest BCUT2D eigenvalue weighted by molar-refractivity contribution is 5.06. The van der Waals surface area contributed by atoms with Gasteiger partial charge >= 0.3 is 0 Å². The average Bonchev–Trinajstić information content (AvgIpc) is 3.16. The molecule has 3 heterocycles. The van der Waals surface area contributed by atoms with E-state index in [1.165, 1.54) is 0 Å². The zero-order chi connectivity index (χ0) is 17.3. The maximum absolute atomic E-state index is 5.90. The van der Waals surface area contributed by atoms with Crippen molar-refractivity contribution < 1.29 is 8.94 Å². The van der Waals surface area contributed by atoms with E-state index < -0.39 is 0 Å². The van der Waals surface area contributed by atoms with Crippen LogP contribution in [0.2, 0.25) is 0 Å². The molecule has 24 heavy (non-hydrogen) atoms. The topological polar surface area (TPSA) is 71.4 Å². The first-order chi connectivity index (χ1) is 11.3. The van der Waals surface area contributed by atoms with Gasteiger partial charge in [0.25, 0.3) is 0 Å². The molecule has 0 N–H and O–H groups in total. The van der Waals surface area contributed by atoms with E-state index in [9.17, 15) is 0 Å². The number of hydrogen-bond donors (Lipinski definition) is 0. The molecule has 0 aromatic carbocycles. The molecule has 1 aliphatic rings. The number of aromatic nitrogens is 3. The minimum atomic E-state index is 0.00157. The molecular formula is C17H27N5O2. The summed E-state index contributed by atoms with van der Waals surface area (Å²) in [5.41, 5.74) is 0.00157. The summed E-state index contributed by atoms with van der Waals surface area (Å²) in [6.07, 6.45) is 1.85. The molecule has 132 valence electrons. The standard InChI is InChI=1S/C17H27N5O2/c1-12(16-19-13(2)20-24-16)22-8-6-21(7-9-22)11-15-18-10-14(23-15)17(3,4)5/h10,12H,6-9,11H2,1-5H3/t12-/m0/s1. The minimum absolute atomic E-state index is 0.00157. The van der Waals surface area contributed by atoms with Crippen molar-refractivity contribution in [1.82, 2.24) is 24.9 Å². The highest BCUT2D eigenvalue weighted by Gasteiger charge is 2.26. The van der Waals surface area contributed by atoms with Crippen molar-refractivity contribution in [3.63, 3.8) is 0 Å². The molecule has 1 saturated heterocycles. The Kier molecular flexibility index (Phi) is 4.73. The van der Waals surface area contributed by atoms with Gasteiger partial charge < -0.3 is 8.94 Å². The predicted octanol–water partition coefficient (Wildman–Crippen LogP) is 2.54. The van der Waals surface area contributed by atoms with Crippen LogP contribution in [0.25, 0.3) is 0 Å². The largest absolute Gasteiger partial charge is 0.444 e. The molecule has 3 rings (SSSR count). The van der Waals surface area contributed by atoms with Crippen LogP contribution in [0.15, 0.2) is 15.1 Å². The molecule has 0 saturated carbocycles. The van der Waals surface area contributed by atoms with Crippen LogP contribution in [0.5, 0.6) is 0 Å². The van der Waals surface area contributed by atoms with E-state index in [2.05, 4.69) is 52.6 Å². The number of aryl methyl sites for hydroxylation is 1. The average molecular weight is 333 g/mol. The molecule has 1 aliphatic heterocycles. The van der Waals surface area contributed by atoms with E-state index in [1.807, 2.05) is 13.1 Å². The Balaban J connectivity index is 1.53. The number of hydrogen-bond acceptors (Lipinski definition) is 7. The van der Waals surface area contributed by atoms with Gasteiger partial charge in [-0.1, -0.05) is 25.9 Å². The van der Waals surface area contributed by atoms with E-state index >= 15 is 0 Å². The third kappa shape index (κ3) is 3.84. The van der Waals surface area contributed by atoms with Gasteiger partial charge in [-0.2, -0.15) is 4.98 Å². The first-order valence-electron chi connectivity index (χ1n) is 8.55. The van der Waals surface area contributed by atoms with Crippen molar-refractivity contribution in [3.05, 3.63) is 29.6 Å². The normalized spacial score (nSPS) is 18.9. The molecule has 0 aliphatic carbocycles. The molecule has 0 radical (unpaired) electrons. The SMILES string of the molecule is Cc1noc([C@H](C)N2CCN(Cc3ncc(C(C)(C)C)o3)CC2)n1. The van der Waals surface area contributed by atoms with Crippen LogP contribution in [-0.4, -0.2) is 51.1 Å². The fourth-order valence-corrected chi connectivity index (χ4v) is 2.87. The fraction of sp³-hybridized carbons (Fsp3) is 0.706. The first kappa shape index (κ1) is 17.1. The van der Waals surface area contributed by atoms with Crippen molar-refractivity contribution >= 4 is 0 Å². The second kappa shape index (κ2) is 6.64. The Bertz CT molecular complexity index is 665. The molecule has 2 aromatic rings. The smallest absolute Gasteiger partial charge is 0.243 e. The van der Waals surface area contributed by atoms with Gasteiger partial charge in [0.05, 0.1) is 18.8 Å². The lowest BCUT2D eigenvalue weighted by atomic mass is 9.94. The Labute approximate surface area is 143 Å². The summed E-state index contributed by atoms with van der Waals surface area (Å²) < 4.78 is 11.2. The lowest BCUT2D eigenvalue weighted by molar-refractivity contribution is 0.0793. The van der Waals surface area contributed by atoms with Crippen molar-refractivity contribution in [2.75, 3.05) is 26.2 Å². The predicted molar refractivity (Wildman–Crippen MR) is 89.5 cm³/mol. The number of oxazole rings is 1. The Morgan fingerprint density at radius 2 is 1.92 bits per heavy atom. The molecular weight excluding hydrogens is 306 g/mol. The molecule has 7 heteroatoms. The Hall–Kier alpha value is -1.73. The third-order valence-electron chi connectivity index (χ3n) is 4.51. The highest BCUT2D eigenvalue weighted by Crippen LogP contribution is 2.24. The summed E-state index contributed by atoms with van der Waals surface area (Å²) in [5, 5.41) is 3.88. The molecule has 0 amide bonds. The zero-order valence-corrected chi connectivity index (χ0v) is 15.2. The van der Waals surface area contributed by atoms with Crippen molar-refractivity contribution in [1.29, 1.82) is 0 Å².